The Kier molecular flexibility index (Phi) is 3.74. The molecule has 1 aliphatic rings. The summed E-state index contributed by atoms with van der Waals surface area (Å²) in [5.74, 6) is 2.23. The van der Waals surface area contributed by atoms with Crippen molar-refractivity contribution in [2.75, 3.05) is 33.4 Å². The third-order valence-corrected chi connectivity index (χ3v) is 2.01. The van der Waals surface area contributed by atoms with E-state index in [0.29, 0.717) is 26.3 Å². The molecule has 0 aromatic carbocycles. The number of esters is 1. The molecule has 0 bridgehead atoms. The number of hydrogen-bond donors (Lipinski definition) is 0. The molecular weight excluding hydrogens is 170 g/mol. The van der Waals surface area contributed by atoms with Gasteiger partial charge < -0.3 is 9.47 Å². The Morgan fingerprint density at radius 1 is 1.85 bits per heavy atom. The molecule has 0 saturated carbocycles. The first kappa shape index (κ1) is 10.0. The molecule has 1 saturated heterocycles. The summed E-state index contributed by atoms with van der Waals surface area (Å²) in [4.78, 5) is 13.1. The van der Waals surface area contributed by atoms with Crippen molar-refractivity contribution in [3.05, 3.63) is 0 Å². The molecule has 1 fully saturated rings. The highest BCUT2D eigenvalue weighted by molar-refractivity contribution is 5.76. The van der Waals surface area contributed by atoms with E-state index < -0.39 is 0 Å². The van der Waals surface area contributed by atoms with Crippen LogP contribution in [0.1, 0.15) is 0 Å². The van der Waals surface area contributed by atoms with Crippen molar-refractivity contribution in [3.63, 3.8) is 0 Å². The molecule has 1 aliphatic heterocycles. The van der Waals surface area contributed by atoms with Crippen LogP contribution in [-0.2, 0) is 14.3 Å². The number of methoxy groups -OCH3 is 1. The Hall–Kier alpha value is -1.05. The van der Waals surface area contributed by atoms with Crippen LogP contribution in [0.4, 0.5) is 0 Å². The van der Waals surface area contributed by atoms with E-state index in [2.05, 4.69) is 10.7 Å². The number of hydrogen-bond acceptors (Lipinski definition) is 4. The van der Waals surface area contributed by atoms with Gasteiger partial charge >= 0.3 is 5.97 Å². The van der Waals surface area contributed by atoms with Crippen LogP contribution in [0.3, 0.4) is 0 Å². The lowest BCUT2D eigenvalue weighted by molar-refractivity contribution is -0.152. The van der Waals surface area contributed by atoms with Crippen molar-refractivity contribution in [2.45, 2.75) is 6.04 Å². The van der Waals surface area contributed by atoms with E-state index in [4.69, 9.17) is 11.2 Å². The second-order valence-corrected chi connectivity index (χ2v) is 2.79. The van der Waals surface area contributed by atoms with Gasteiger partial charge in [0, 0.05) is 6.54 Å². The van der Waals surface area contributed by atoms with Crippen LogP contribution in [-0.4, -0.2) is 50.3 Å². The minimum Gasteiger partial charge on any atom is -0.468 e. The Morgan fingerprint density at radius 2 is 2.62 bits per heavy atom. The van der Waals surface area contributed by atoms with E-state index in [0.717, 1.165) is 0 Å². The molecule has 1 atom stereocenters. The Labute approximate surface area is 77.8 Å². The van der Waals surface area contributed by atoms with Crippen LogP contribution in [0.5, 0.6) is 0 Å². The van der Waals surface area contributed by atoms with Crippen molar-refractivity contribution >= 4 is 5.97 Å². The van der Waals surface area contributed by atoms with Crippen molar-refractivity contribution in [1.82, 2.24) is 4.90 Å². The molecule has 1 unspecified atom stereocenters. The first-order valence-electron chi connectivity index (χ1n) is 4.12. The fraction of sp³-hybridized carbons (Fsp3) is 0.667. The molecule has 4 nitrogen and oxygen atoms in total. The number of terminal acetylenes is 1. The minimum atomic E-state index is -0.338. The van der Waals surface area contributed by atoms with Gasteiger partial charge in [-0.25, -0.2) is 0 Å². The fourth-order valence-corrected chi connectivity index (χ4v) is 1.30. The average molecular weight is 183 g/mol. The quantitative estimate of drug-likeness (QED) is 0.427. The highest BCUT2D eigenvalue weighted by Gasteiger charge is 2.29. The maximum Gasteiger partial charge on any atom is 0.325 e. The predicted octanol–water partition coefficient (Wildman–Crippen LogP) is -0.507. The monoisotopic (exact) mass is 183 g/mol. The molecule has 13 heavy (non-hydrogen) atoms. The predicted molar refractivity (Wildman–Crippen MR) is 47.0 cm³/mol. The standard InChI is InChI=1S/C9H13NO3/c1-3-4-10-5-6-13-7-8(10)9(11)12-2/h1,8H,4-7H2,2H3. The maximum absolute atomic E-state index is 11.2. The minimum absolute atomic E-state index is 0.282. The highest BCUT2D eigenvalue weighted by Crippen LogP contribution is 2.07. The summed E-state index contributed by atoms with van der Waals surface area (Å²) >= 11 is 0. The fourth-order valence-electron chi connectivity index (χ4n) is 1.30. The van der Waals surface area contributed by atoms with E-state index >= 15 is 0 Å². The molecule has 1 heterocycles. The summed E-state index contributed by atoms with van der Waals surface area (Å²) in [7, 11) is 1.37. The van der Waals surface area contributed by atoms with E-state index in [1.165, 1.54) is 7.11 Å². The van der Waals surface area contributed by atoms with Crippen LogP contribution in [0.2, 0.25) is 0 Å². The van der Waals surface area contributed by atoms with E-state index in [-0.39, 0.29) is 12.0 Å². The van der Waals surface area contributed by atoms with Gasteiger partial charge in [-0.3, -0.25) is 9.69 Å². The Morgan fingerprint density at radius 3 is 3.23 bits per heavy atom. The van der Waals surface area contributed by atoms with Crippen LogP contribution >= 0.6 is 0 Å². The summed E-state index contributed by atoms with van der Waals surface area (Å²) < 4.78 is 9.81. The molecule has 0 spiro atoms. The number of carbonyl (C=O) groups excluding carboxylic acids is 1. The zero-order chi connectivity index (χ0) is 9.68. The molecule has 0 aliphatic carbocycles. The van der Waals surface area contributed by atoms with Gasteiger partial charge in [0.25, 0.3) is 0 Å². The SMILES string of the molecule is C#CCN1CCOCC1C(=O)OC. The highest BCUT2D eigenvalue weighted by atomic mass is 16.5. The van der Waals surface area contributed by atoms with Crippen molar-refractivity contribution in [1.29, 1.82) is 0 Å². The van der Waals surface area contributed by atoms with Gasteiger partial charge in [0.05, 0.1) is 26.9 Å². The molecule has 0 radical (unpaired) electrons. The molecule has 0 aromatic rings. The van der Waals surface area contributed by atoms with Gasteiger partial charge in [-0.1, -0.05) is 5.92 Å². The second kappa shape index (κ2) is 4.85. The van der Waals surface area contributed by atoms with Gasteiger partial charge in [-0.15, -0.1) is 6.42 Å². The zero-order valence-corrected chi connectivity index (χ0v) is 7.66. The lowest BCUT2D eigenvalue weighted by Gasteiger charge is -2.31. The summed E-state index contributed by atoms with van der Waals surface area (Å²) in [6.07, 6.45) is 5.18. The summed E-state index contributed by atoms with van der Waals surface area (Å²) in [6.45, 7) is 2.14. The van der Waals surface area contributed by atoms with Gasteiger partial charge in [0.1, 0.15) is 6.04 Å². The maximum atomic E-state index is 11.2. The smallest absolute Gasteiger partial charge is 0.325 e. The van der Waals surface area contributed by atoms with Gasteiger partial charge in [-0.2, -0.15) is 0 Å². The Balaban J connectivity index is 2.57. The number of nitrogens with zero attached hydrogens (tertiary/aromatic N) is 1. The largest absolute Gasteiger partial charge is 0.468 e. The van der Waals surface area contributed by atoms with Crippen LogP contribution in [0.25, 0.3) is 0 Å². The summed E-state index contributed by atoms with van der Waals surface area (Å²) in [5, 5.41) is 0. The van der Waals surface area contributed by atoms with Gasteiger partial charge in [0.2, 0.25) is 0 Å². The number of ether oxygens (including phenoxy) is 2. The molecular formula is C9H13NO3. The van der Waals surface area contributed by atoms with Crippen molar-refractivity contribution < 1.29 is 14.3 Å². The molecule has 0 amide bonds. The first-order chi connectivity index (χ1) is 6.29. The van der Waals surface area contributed by atoms with E-state index in [1.54, 1.807) is 0 Å². The van der Waals surface area contributed by atoms with E-state index in [1.807, 2.05) is 4.90 Å². The zero-order valence-electron chi connectivity index (χ0n) is 7.66. The topological polar surface area (TPSA) is 38.8 Å². The van der Waals surface area contributed by atoms with Crippen molar-refractivity contribution in [3.8, 4) is 12.3 Å². The number of carbonyl (C=O) groups is 1. The van der Waals surface area contributed by atoms with Gasteiger partial charge in [-0.05, 0) is 0 Å². The third kappa shape index (κ3) is 2.44. The first-order valence-corrected chi connectivity index (χ1v) is 4.12. The van der Waals surface area contributed by atoms with E-state index in [9.17, 15) is 4.79 Å². The van der Waals surface area contributed by atoms with Crippen LogP contribution in [0, 0.1) is 12.3 Å². The second-order valence-electron chi connectivity index (χ2n) is 2.79. The third-order valence-electron chi connectivity index (χ3n) is 2.01. The normalized spacial score (nSPS) is 23.5. The molecule has 1 rings (SSSR count). The summed E-state index contributed by atoms with van der Waals surface area (Å²) in [5.41, 5.74) is 0. The molecule has 72 valence electrons. The lowest BCUT2D eigenvalue weighted by Crippen LogP contribution is -2.50. The average Bonchev–Trinajstić information content (AvgIpc) is 2.18. The van der Waals surface area contributed by atoms with Crippen LogP contribution in [0.15, 0.2) is 0 Å². The Bertz CT molecular complexity index is 221. The number of rotatable bonds is 2. The lowest BCUT2D eigenvalue weighted by atomic mass is 10.2. The number of morpholine rings is 1. The van der Waals surface area contributed by atoms with Crippen LogP contribution < -0.4 is 0 Å². The molecule has 4 heteroatoms. The molecule has 0 N–H and O–H groups in total. The summed E-state index contributed by atoms with van der Waals surface area (Å²) in [6, 6.07) is -0.338. The van der Waals surface area contributed by atoms with Crippen molar-refractivity contribution in [2.24, 2.45) is 0 Å². The molecule has 0 aromatic heterocycles. The van der Waals surface area contributed by atoms with Gasteiger partial charge in [0.15, 0.2) is 0 Å².